The Labute approximate surface area is 197 Å². The number of rotatable bonds is 6. The smallest absolute Gasteiger partial charge is 0.243 e. The second-order valence-corrected chi connectivity index (χ2v) is 10.9. The van der Waals surface area contributed by atoms with Crippen molar-refractivity contribution in [2.45, 2.75) is 31.2 Å². The number of amides is 1. The van der Waals surface area contributed by atoms with Gasteiger partial charge >= 0.3 is 0 Å². The Balaban J connectivity index is 1.36. The lowest BCUT2D eigenvalue weighted by Crippen LogP contribution is -2.52. The minimum absolute atomic E-state index is 0.0835. The Hall–Kier alpha value is -2.42. The van der Waals surface area contributed by atoms with Crippen molar-refractivity contribution in [3.05, 3.63) is 59.7 Å². The van der Waals surface area contributed by atoms with Gasteiger partial charge < -0.3 is 9.64 Å². The lowest BCUT2D eigenvalue weighted by atomic mass is 9.97. The van der Waals surface area contributed by atoms with Gasteiger partial charge in [0.15, 0.2) is 0 Å². The lowest BCUT2D eigenvalue weighted by Gasteiger charge is -2.38. The SMILES string of the molecule is COc1ccc(S(=O)(=O)N2CCC[C@H](C(=O)N3CCN(Cc4ccccc4)CC3)C2)cc1C. The van der Waals surface area contributed by atoms with Crippen molar-refractivity contribution in [2.24, 2.45) is 5.92 Å². The van der Waals surface area contributed by atoms with Crippen molar-refractivity contribution < 1.29 is 17.9 Å². The van der Waals surface area contributed by atoms with Crippen molar-refractivity contribution in [1.29, 1.82) is 0 Å². The highest BCUT2D eigenvalue weighted by atomic mass is 32.2. The molecule has 0 saturated carbocycles. The van der Waals surface area contributed by atoms with Crippen LogP contribution in [0, 0.1) is 12.8 Å². The van der Waals surface area contributed by atoms with E-state index < -0.39 is 10.0 Å². The third-order valence-corrected chi connectivity index (χ3v) is 8.53. The van der Waals surface area contributed by atoms with E-state index in [1.165, 1.54) is 9.87 Å². The molecule has 0 aliphatic carbocycles. The molecule has 2 heterocycles. The third kappa shape index (κ3) is 5.39. The molecule has 0 radical (unpaired) electrons. The summed E-state index contributed by atoms with van der Waals surface area (Å²) in [6, 6.07) is 15.3. The van der Waals surface area contributed by atoms with Gasteiger partial charge in [0.25, 0.3) is 0 Å². The van der Waals surface area contributed by atoms with E-state index in [1.54, 1.807) is 25.3 Å². The molecule has 2 saturated heterocycles. The van der Waals surface area contributed by atoms with Crippen molar-refractivity contribution >= 4 is 15.9 Å². The first-order valence-corrected chi connectivity index (χ1v) is 13.0. The molecule has 0 spiro atoms. The second-order valence-electron chi connectivity index (χ2n) is 8.92. The Bertz CT molecular complexity index is 1070. The lowest BCUT2D eigenvalue weighted by molar-refractivity contribution is -0.138. The molecule has 7 nitrogen and oxygen atoms in total. The van der Waals surface area contributed by atoms with E-state index in [0.717, 1.165) is 31.6 Å². The fraction of sp³-hybridized carbons (Fsp3) is 0.480. The average Bonchev–Trinajstić information content (AvgIpc) is 2.84. The average molecular weight is 472 g/mol. The molecule has 33 heavy (non-hydrogen) atoms. The Kier molecular flexibility index (Phi) is 7.36. The molecule has 2 aliphatic rings. The first-order chi connectivity index (χ1) is 15.9. The summed E-state index contributed by atoms with van der Waals surface area (Å²) >= 11 is 0. The van der Waals surface area contributed by atoms with Gasteiger partial charge in [-0.25, -0.2) is 8.42 Å². The molecule has 0 bridgehead atoms. The van der Waals surface area contributed by atoms with E-state index in [9.17, 15) is 13.2 Å². The van der Waals surface area contributed by atoms with E-state index in [-0.39, 0.29) is 23.3 Å². The molecule has 1 atom stereocenters. The molecule has 0 aromatic heterocycles. The zero-order valence-corrected chi connectivity index (χ0v) is 20.3. The zero-order chi connectivity index (χ0) is 23.4. The number of nitrogens with zero attached hydrogens (tertiary/aromatic N) is 3. The van der Waals surface area contributed by atoms with Crippen LogP contribution in [0.2, 0.25) is 0 Å². The summed E-state index contributed by atoms with van der Waals surface area (Å²) in [7, 11) is -2.08. The van der Waals surface area contributed by atoms with Crippen LogP contribution in [0.4, 0.5) is 0 Å². The van der Waals surface area contributed by atoms with Crippen molar-refractivity contribution in [3.8, 4) is 5.75 Å². The van der Waals surface area contributed by atoms with Crippen LogP contribution < -0.4 is 4.74 Å². The maximum absolute atomic E-state index is 13.3. The van der Waals surface area contributed by atoms with Gasteiger partial charge in [0.2, 0.25) is 15.9 Å². The van der Waals surface area contributed by atoms with Gasteiger partial charge in [-0.1, -0.05) is 30.3 Å². The number of benzene rings is 2. The monoisotopic (exact) mass is 471 g/mol. The normalized spacial score (nSPS) is 20.5. The molecular formula is C25H33N3O4S. The van der Waals surface area contributed by atoms with Crippen LogP contribution in [0.15, 0.2) is 53.4 Å². The van der Waals surface area contributed by atoms with Gasteiger partial charge in [-0.15, -0.1) is 0 Å². The van der Waals surface area contributed by atoms with Gasteiger partial charge in [-0.2, -0.15) is 4.31 Å². The quantitative estimate of drug-likeness (QED) is 0.648. The first-order valence-electron chi connectivity index (χ1n) is 11.6. The van der Waals surface area contributed by atoms with Crippen LogP contribution in [-0.2, 0) is 21.4 Å². The van der Waals surface area contributed by atoms with Crippen molar-refractivity contribution in [1.82, 2.24) is 14.1 Å². The number of carbonyl (C=O) groups excluding carboxylic acids is 1. The maximum atomic E-state index is 13.3. The summed E-state index contributed by atoms with van der Waals surface area (Å²) in [4.78, 5) is 17.8. The van der Waals surface area contributed by atoms with E-state index in [1.807, 2.05) is 30.0 Å². The standard InChI is InChI=1S/C25H33N3O4S/c1-20-17-23(10-11-24(20)32-2)33(30,31)28-12-6-9-22(19-28)25(29)27-15-13-26(14-16-27)18-21-7-4-3-5-8-21/h3-5,7-8,10-11,17,22H,6,9,12-16,18-19H2,1-2H3/t22-/m0/s1. The molecule has 0 N–H and O–H groups in total. The topological polar surface area (TPSA) is 70.2 Å². The summed E-state index contributed by atoms with van der Waals surface area (Å²) < 4.78 is 33.2. The fourth-order valence-electron chi connectivity index (χ4n) is 4.75. The highest BCUT2D eigenvalue weighted by molar-refractivity contribution is 7.89. The number of piperidine rings is 1. The number of methoxy groups -OCH3 is 1. The van der Waals surface area contributed by atoms with E-state index in [0.29, 0.717) is 31.8 Å². The van der Waals surface area contributed by atoms with Crippen LogP contribution in [0.5, 0.6) is 5.75 Å². The predicted molar refractivity (Wildman–Crippen MR) is 128 cm³/mol. The van der Waals surface area contributed by atoms with Gasteiger partial charge in [0.05, 0.1) is 17.9 Å². The summed E-state index contributed by atoms with van der Waals surface area (Å²) in [6.07, 6.45) is 1.43. The van der Waals surface area contributed by atoms with Crippen LogP contribution >= 0.6 is 0 Å². The molecule has 2 aromatic carbocycles. The van der Waals surface area contributed by atoms with Crippen molar-refractivity contribution in [2.75, 3.05) is 46.4 Å². The third-order valence-electron chi connectivity index (χ3n) is 6.67. The number of sulfonamides is 1. The van der Waals surface area contributed by atoms with Crippen LogP contribution in [0.3, 0.4) is 0 Å². The van der Waals surface area contributed by atoms with Gasteiger partial charge in [-0.3, -0.25) is 9.69 Å². The van der Waals surface area contributed by atoms with Gasteiger partial charge in [0, 0.05) is 45.8 Å². The molecular weight excluding hydrogens is 438 g/mol. The molecule has 0 unspecified atom stereocenters. The molecule has 8 heteroatoms. The molecule has 2 aliphatic heterocycles. The summed E-state index contributed by atoms with van der Waals surface area (Å²) in [5.74, 6) is 0.459. The first kappa shape index (κ1) is 23.7. The molecule has 2 fully saturated rings. The predicted octanol–water partition coefficient (Wildman–Crippen LogP) is 2.75. The summed E-state index contributed by atoms with van der Waals surface area (Å²) in [6.45, 7) is 6.45. The number of aryl methyl sites for hydroxylation is 1. The minimum atomic E-state index is -3.65. The van der Waals surface area contributed by atoms with Crippen LogP contribution in [0.25, 0.3) is 0 Å². The molecule has 2 aromatic rings. The number of hydrogen-bond acceptors (Lipinski definition) is 5. The molecule has 178 valence electrons. The van der Waals surface area contributed by atoms with Crippen molar-refractivity contribution in [3.63, 3.8) is 0 Å². The zero-order valence-electron chi connectivity index (χ0n) is 19.4. The highest BCUT2D eigenvalue weighted by Gasteiger charge is 2.36. The van der Waals surface area contributed by atoms with E-state index >= 15 is 0 Å². The highest BCUT2D eigenvalue weighted by Crippen LogP contribution is 2.28. The molecule has 4 rings (SSSR count). The summed E-state index contributed by atoms with van der Waals surface area (Å²) in [5, 5.41) is 0. The van der Waals surface area contributed by atoms with E-state index in [2.05, 4.69) is 17.0 Å². The second kappa shape index (κ2) is 10.2. The number of ether oxygens (including phenoxy) is 1. The largest absolute Gasteiger partial charge is 0.496 e. The maximum Gasteiger partial charge on any atom is 0.243 e. The Morgan fingerprint density at radius 3 is 2.42 bits per heavy atom. The Morgan fingerprint density at radius 2 is 1.76 bits per heavy atom. The Morgan fingerprint density at radius 1 is 1.03 bits per heavy atom. The van der Waals surface area contributed by atoms with Gasteiger partial charge in [-0.05, 0) is 49.1 Å². The number of carbonyl (C=O) groups is 1. The number of piperazine rings is 1. The number of hydrogen-bond donors (Lipinski definition) is 0. The van der Waals surface area contributed by atoms with Crippen LogP contribution in [0.1, 0.15) is 24.0 Å². The van der Waals surface area contributed by atoms with E-state index in [4.69, 9.17) is 4.74 Å². The van der Waals surface area contributed by atoms with Crippen LogP contribution in [-0.4, -0.2) is 74.8 Å². The fourth-order valence-corrected chi connectivity index (χ4v) is 6.36. The molecule has 1 amide bonds. The minimum Gasteiger partial charge on any atom is -0.496 e. The van der Waals surface area contributed by atoms with Gasteiger partial charge in [0.1, 0.15) is 5.75 Å². The summed E-state index contributed by atoms with van der Waals surface area (Å²) in [5.41, 5.74) is 2.05.